The van der Waals surface area contributed by atoms with Gasteiger partial charge in [-0.2, -0.15) is 11.3 Å². The Morgan fingerprint density at radius 2 is 2.15 bits per heavy atom. The Kier molecular flexibility index (Phi) is 4.98. The lowest BCUT2D eigenvalue weighted by atomic mass is 9.95. The van der Waals surface area contributed by atoms with Crippen LogP contribution >= 0.6 is 22.7 Å². The number of nitrogens with one attached hydrogen (secondary N) is 1. The predicted molar refractivity (Wildman–Crippen MR) is 83.7 cm³/mol. The predicted octanol–water partition coefficient (Wildman–Crippen LogP) is 2.37. The van der Waals surface area contributed by atoms with Crippen LogP contribution in [0.5, 0.6) is 0 Å². The summed E-state index contributed by atoms with van der Waals surface area (Å²) in [7, 11) is -3.35. The molecule has 0 aliphatic rings. The van der Waals surface area contributed by atoms with Crippen LogP contribution in [0.2, 0.25) is 0 Å². The molecular formula is C13H17NO3S3. The molecule has 20 heavy (non-hydrogen) atoms. The maximum atomic E-state index is 11.8. The number of hydrogen-bond donors (Lipinski definition) is 2. The zero-order chi connectivity index (χ0) is 14.6. The molecule has 4 nitrogen and oxygen atoms in total. The lowest BCUT2D eigenvalue weighted by Gasteiger charge is -2.26. The van der Waals surface area contributed by atoms with E-state index in [9.17, 15) is 13.5 Å². The summed E-state index contributed by atoms with van der Waals surface area (Å²) in [4.78, 5) is 0.732. The lowest BCUT2D eigenvalue weighted by Crippen LogP contribution is -2.41. The first kappa shape index (κ1) is 15.7. The molecule has 0 bridgehead atoms. The van der Waals surface area contributed by atoms with Crippen LogP contribution in [0.25, 0.3) is 0 Å². The van der Waals surface area contributed by atoms with Crippen molar-refractivity contribution in [2.24, 2.45) is 0 Å². The van der Waals surface area contributed by atoms with Crippen molar-refractivity contribution in [1.82, 2.24) is 4.72 Å². The second-order valence-electron chi connectivity index (χ2n) is 4.49. The molecule has 2 heterocycles. The monoisotopic (exact) mass is 331 g/mol. The molecule has 0 aliphatic carbocycles. The van der Waals surface area contributed by atoms with E-state index < -0.39 is 15.6 Å². The zero-order valence-corrected chi connectivity index (χ0v) is 13.5. The van der Waals surface area contributed by atoms with Gasteiger partial charge in [0.15, 0.2) is 0 Å². The Morgan fingerprint density at radius 3 is 2.70 bits per heavy atom. The zero-order valence-electron chi connectivity index (χ0n) is 11.1. The molecule has 0 radical (unpaired) electrons. The Labute approximate surface area is 127 Å². The van der Waals surface area contributed by atoms with E-state index in [-0.39, 0.29) is 12.3 Å². The molecule has 0 aromatic carbocycles. The summed E-state index contributed by atoms with van der Waals surface area (Å²) >= 11 is 2.89. The fourth-order valence-corrected chi connectivity index (χ4v) is 4.58. The molecule has 2 N–H and O–H groups in total. The van der Waals surface area contributed by atoms with Gasteiger partial charge < -0.3 is 5.11 Å². The SMILES string of the molecule is CCCS(=O)(=O)NCC(O)(c1ccsc1)c1cccs1. The Morgan fingerprint density at radius 1 is 1.35 bits per heavy atom. The molecule has 0 fully saturated rings. The van der Waals surface area contributed by atoms with Crippen LogP contribution in [0, 0.1) is 0 Å². The minimum Gasteiger partial charge on any atom is -0.378 e. The van der Waals surface area contributed by atoms with Crippen LogP contribution in [0.15, 0.2) is 34.3 Å². The summed E-state index contributed by atoms with van der Waals surface area (Å²) in [5, 5.41) is 16.5. The first-order valence-corrected chi connectivity index (χ1v) is 9.72. The van der Waals surface area contributed by atoms with Crippen LogP contribution in [0.1, 0.15) is 23.8 Å². The van der Waals surface area contributed by atoms with Crippen molar-refractivity contribution in [3.63, 3.8) is 0 Å². The summed E-state index contributed by atoms with van der Waals surface area (Å²) in [5.74, 6) is 0.0666. The lowest BCUT2D eigenvalue weighted by molar-refractivity contribution is 0.0903. The van der Waals surface area contributed by atoms with Crippen molar-refractivity contribution in [1.29, 1.82) is 0 Å². The van der Waals surface area contributed by atoms with E-state index in [1.54, 1.807) is 0 Å². The summed E-state index contributed by atoms with van der Waals surface area (Å²) in [6.45, 7) is 1.76. The Bertz CT molecular complexity index is 584. The van der Waals surface area contributed by atoms with Gasteiger partial charge in [0.05, 0.1) is 5.75 Å². The second kappa shape index (κ2) is 6.36. The van der Waals surface area contributed by atoms with Gasteiger partial charge in [0.2, 0.25) is 10.0 Å². The van der Waals surface area contributed by atoms with Crippen molar-refractivity contribution in [3.8, 4) is 0 Å². The van der Waals surface area contributed by atoms with Crippen molar-refractivity contribution in [2.75, 3.05) is 12.3 Å². The van der Waals surface area contributed by atoms with Crippen molar-refractivity contribution in [3.05, 3.63) is 44.8 Å². The van der Waals surface area contributed by atoms with Crippen LogP contribution in [-0.4, -0.2) is 25.8 Å². The average Bonchev–Trinajstić information content (AvgIpc) is 3.08. The quantitative estimate of drug-likeness (QED) is 0.818. The molecule has 2 aromatic heterocycles. The normalized spacial score (nSPS) is 15.1. The fourth-order valence-electron chi connectivity index (χ4n) is 1.90. The van der Waals surface area contributed by atoms with Gasteiger partial charge in [-0.05, 0) is 34.7 Å². The highest BCUT2D eigenvalue weighted by Gasteiger charge is 2.34. The highest BCUT2D eigenvalue weighted by atomic mass is 32.2. The fraction of sp³-hybridized carbons (Fsp3) is 0.385. The van der Waals surface area contributed by atoms with Gasteiger partial charge in [0.25, 0.3) is 0 Å². The summed E-state index contributed by atoms with van der Waals surface area (Å²) < 4.78 is 26.1. The van der Waals surface area contributed by atoms with Gasteiger partial charge >= 0.3 is 0 Å². The standard InChI is InChI=1S/C13H17NO3S3/c1-2-8-20(16,17)14-10-13(15,11-5-7-18-9-11)12-4-3-6-19-12/h3-7,9,14-15H,2,8,10H2,1H3. The minimum atomic E-state index is -3.35. The summed E-state index contributed by atoms with van der Waals surface area (Å²) in [5.41, 5.74) is -0.598. The first-order valence-electron chi connectivity index (χ1n) is 6.24. The van der Waals surface area contributed by atoms with E-state index in [1.165, 1.54) is 22.7 Å². The molecule has 0 saturated heterocycles. The topological polar surface area (TPSA) is 66.4 Å². The highest BCUT2D eigenvalue weighted by molar-refractivity contribution is 7.89. The van der Waals surface area contributed by atoms with E-state index in [0.29, 0.717) is 12.0 Å². The van der Waals surface area contributed by atoms with E-state index in [4.69, 9.17) is 0 Å². The summed E-state index contributed by atoms with van der Waals surface area (Å²) in [6.07, 6.45) is 0.547. The number of thiophene rings is 2. The van der Waals surface area contributed by atoms with E-state index >= 15 is 0 Å². The van der Waals surface area contributed by atoms with Gasteiger partial charge in [0, 0.05) is 17.0 Å². The Balaban J connectivity index is 2.26. The molecule has 0 aliphatic heterocycles. The van der Waals surface area contributed by atoms with Crippen molar-refractivity contribution >= 4 is 32.7 Å². The third-order valence-electron chi connectivity index (χ3n) is 2.95. The third kappa shape index (κ3) is 3.48. The van der Waals surface area contributed by atoms with E-state index in [1.807, 2.05) is 41.3 Å². The molecule has 2 rings (SSSR count). The molecular weight excluding hydrogens is 314 g/mol. The van der Waals surface area contributed by atoms with E-state index in [2.05, 4.69) is 4.72 Å². The highest BCUT2D eigenvalue weighted by Crippen LogP contribution is 2.33. The van der Waals surface area contributed by atoms with Crippen LogP contribution < -0.4 is 4.72 Å². The maximum absolute atomic E-state index is 11.8. The number of aliphatic hydroxyl groups is 1. The smallest absolute Gasteiger partial charge is 0.211 e. The molecule has 0 spiro atoms. The van der Waals surface area contributed by atoms with Gasteiger partial charge in [0.1, 0.15) is 5.60 Å². The van der Waals surface area contributed by atoms with Crippen molar-refractivity contribution < 1.29 is 13.5 Å². The van der Waals surface area contributed by atoms with Gasteiger partial charge in [-0.3, -0.25) is 0 Å². The number of rotatable bonds is 7. The average molecular weight is 331 g/mol. The maximum Gasteiger partial charge on any atom is 0.211 e. The largest absolute Gasteiger partial charge is 0.378 e. The van der Waals surface area contributed by atoms with Crippen LogP contribution in [0.4, 0.5) is 0 Å². The molecule has 0 amide bonds. The van der Waals surface area contributed by atoms with Crippen molar-refractivity contribution in [2.45, 2.75) is 18.9 Å². The molecule has 110 valence electrons. The van der Waals surface area contributed by atoms with Gasteiger partial charge in [-0.25, -0.2) is 13.1 Å². The van der Waals surface area contributed by atoms with Gasteiger partial charge in [-0.1, -0.05) is 13.0 Å². The third-order valence-corrected chi connectivity index (χ3v) is 6.18. The molecule has 7 heteroatoms. The second-order valence-corrected chi connectivity index (χ2v) is 8.14. The Hall–Kier alpha value is -0.730. The van der Waals surface area contributed by atoms with E-state index in [0.717, 1.165) is 4.88 Å². The summed E-state index contributed by atoms with van der Waals surface area (Å²) in [6, 6.07) is 5.48. The molecule has 1 unspecified atom stereocenters. The molecule has 1 atom stereocenters. The molecule has 0 saturated carbocycles. The number of sulfonamides is 1. The van der Waals surface area contributed by atoms with Crippen LogP contribution in [0.3, 0.4) is 0 Å². The first-order chi connectivity index (χ1) is 9.48. The minimum absolute atomic E-state index is 0.0490. The van der Waals surface area contributed by atoms with Crippen LogP contribution in [-0.2, 0) is 15.6 Å². The number of hydrogen-bond acceptors (Lipinski definition) is 5. The van der Waals surface area contributed by atoms with Gasteiger partial charge in [-0.15, -0.1) is 11.3 Å². The molecule has 2 aromatic rings.